The maximum Gasteiger partial charge on any atom is 0.247 e. The molecule has 1 aromatic carbocycles. The molecule has 0 radical (unpaired) electrons. The number of aryl methyl sites for hydroxylation is 1. The van der Waals surface area contributed by atoms with E-state index in [9.17, 15) is 0 Å². The SMILES string of the molecule is CCc1ncc(N2CCOCC2)cc1Nc1ncn(-c2ccccc2)n1. The zero-order chi connectivity index (χ0) is 17.8. The number of benzene rings is 1. The third-order valence-electron chi connectivity index (χ3n) is 4.43. The highest BCUT2D eigenvalue weighted by Crippen LogP contribution is 2.25. The monoisotopic (exact) mass is 350 g/mol. The molecule has 26 heavy (non-hydrogen) atoms. The van der Waals surface area contributed by atoms with Gasteiger partial charge in [0.1, 0.15) is 6.33 Å². The van der Waals surface area contributed by atoms with Gasteiger partial charge < -0.3 is 15.0 Å². The van der Waals surface area contributed by atoms with Crippen molar-refractivity contribution >= 4 is 17.3 Å². The Morgan fingerprint density at radius 2 is 1.88 bits per heavy atom. The van der Waals surface area contributed by atoms with Crippen LogP contribution < -0.4 is 10.2 Å². The van der Waals surface area contributed by atoms with Gasteiger partial charge >= 0.3 is 0 Å². The Labute approximate surface area is 152 Å². The third kappa shape index (κ3) is 3.52. The summed E-state index contributed by atoms with van der Waals surface area (Å²) in [5.41, 5.74) is 4.01. The van der Waals surface area contributed by atoms with Gasteiger partial charge in [-0.05, 0) is 24.6 Å². The molecule has 4 rings (SSSR count). The first-order chi connectivity index (χ1) is 12.8. The Kier molecular flexibility index (Phi) is 4.79. The number of pyridine rings is 1. The predicted octanol–water partition coefficient (Wildman–Crippen LogP) is 2.80. The number of aromatic nitrogens is 4. The van der Waals surface area contributed by atoms with Crippen LogP contribution in [0.1, 0.15) is 12.6 Å². The predicted molar refractivity (Wildman–Crippen MR) is 101 cm³/mol. The van der Waals surface area contributed by atoms with Gasteiger partial charge in [-0.3, -0.25) is 4.98 Å². The third-order valence-corrected chi connectivity index (χ3v) is 4.43. The zero-order valence-electron chi connectivity index (χ0n) is 14.8. The molecule has 1 N–H and O–H groups in total. The van der Waals surface area contributed by atoms with Crippen molar-refractivity contribution < 1.29 is 4.74 Å². The van der Waals surface area contributed by atoms with Crippen LogP contribution in [0.25, 0.3) is 5.69 Å². The van der Waals surface area contributed by atoms with Gasteiger partial charge in [0.2, 0.25) is 5.95 Å². The van der Waals surface area contributed by atoms with Crippen molar-refractivity contribution in [2.75, 3.05) is 36.5 Å². The van der Waals surface area contributed by atoms with E-state index in [1.165, 1.54) is 0 Å². The molecule has 1 fully saturated rings. The minimum absolute atomic E-state index is 0.560. The maximum absolute atomic E-state index is 5.44. The molecule has 7 nitrogen and oxygen atoms in total. The normalized spacial score (nSPS) is 14.4. The first-order valence-corrected chi connectivity index (χ1v) is 8.89. The highest BCUT2D eigenvalue weighted by Gasteiger charge is 2.14. The second-order valence-corrected chi connectivity index (χ2v) is 6.11. The van der Waals surface area contributed by atoms with Crippen LogP contribution in [0.2, 0.25) is 0 Å². The van der Waals surface area contributed by atoms with Crippen LogP contribution in [0.5, 0.6) is 0 Å². The summed E-state index contributed by atoms with van der Waals surface area (Å²) in [4.78, 5) is 11.3. The molecule has 1 saturated heterocycles. The Balaban J connectivity index is 1.58. The number of rotatable bonds is 5. The summed E-state index contributed by atoms with van der Waals surface area (Å²) in [5, 5.41) is 7.86. The van der Waals surface area contributed by atoms with Crippen molar-refractivity contribution in [2.24, 2.45) is 0 Å². The van der Waals surface area contributed by atoms with E-state index >= 15 is 0 Å². The van der Waals surface area contributed by atoms with E-state index < -0.39 is 0 Å². The van der Waals surface area contributed by atoms with Crippen LogP contribution in [0.15, 0.2) is 48.9 Å². The summed E-state index contributed by atoms with van der Waals surface area (Å²) in [6.07, 6.45) is 4.49. The number of nitrogens with one attached hydrogen (secondary N) is 1. The van der Waals surface area contributed by atoms with E-state index in [4.69, 9.17) is 4.74 Å². The average Bonchev–Trinajstić information content (AvgIpc) is 3.18. The number of hydrogen-bond donors (Lipinski definition) is 1. The fourth-order valence-electron chi connectivity index (χ4n) is 3.01. The molecule has 2 aromatic heterocycles. The van der Waals surface area contributed by atoms with Crippen LogP contribution in [0.4, 0.5) is 17.3 Å². The number of nitrogens with zero attached hydrogens (tertiary/aromatic N) is 5. The van der Waals surface area contributed by atoms with Crippen molar-refractivity contribution in [1.82, 2.24) is 19.7 Å². The first kappa shape index (κ1) is 16.5. The lowest BCUT2D eigenvalue weighted by Crippen LogP contribution is -2.36. The van der Waals surface area contributed by atoms with Crippen molar-refractivity contribution in [2.45, 2.75) is 13.3 Å². The van der Waals surface area contributed by atoms with Gasteiger partial charge in [-0.1, -0.05) is 25.1 Å². The van der Waals surface area contributed by atoms with E-state index in [-0.39, 0.29) is 0 Å². The van der Waals surface area contributed by atoms with Crippen molar-refractivity contribution in [3.8, 4) is 5.69 Å². The van der Waals surface area contributed by atoms with Gasteiger partial charge in [-0.15, -0.1) is 5.10 Å². The van der Waals surface area contributed by atoms with E-state index in [0.717, 1.165) is 55.5 Å². The molecule has 0 saturated carbocycles. The summed E-state index contributed by atoms with van der Waals surface area (Å²) >= 11 is 0. The number of para-hydroxylation sites is 1. The van der Waals surface area contributed by atoms with Gasteiger partial charge in [0.05, 0.1) is 42.2 Å². The highest BCUT2D eigenvalue weighted by molar-refractivity contribution is 5.63. The van der Waals surface area contributed by atoms with Crippen LogP contribution in [0, 0.1) is 0 Å². The number of morpholine rings is 1. The number of hydrogen-bond acceptors (Lipinski definition) is 6. The van der Waals surface area contributed by atoms with E-state index in [1.54, 1.807) is 11.0 Å². The van der Waals surface area contributed by atoms with Crippen molar-refractivity contribution in [3.05, 3.63) is 54.6 Å². The topological polar surface area (TPSA) is 68.1 Å². The quantitative estimate of drug-likeness (QED) is 0.763. The summed E-state index contributed by atoms with van der Waals surface area (Å²) in [6, 6.07) is 12.1. The molecule has 0 atom stereocenters. The molecule has 3 heterocycles. The fraction of sp³-hybridized carbons (Fsp3) is 0.316. The van der Waals surface area contributed by atoms with Gasteiger partial charge in [0, 0.05) is 13.1 Å². The molecule has 134 valence electrons. The van der Waals surface area contributed by atoms with E-state index in [1.807, 2.05) is 36.5 Å². The van der Waals surface area contributed by atoms with Crippen LogP contribution in [0.3, 0.4) is 0 Å². The lowest BCUT2D eigenvalue weighted by molar-refractivity contribution is 0.122. The number of anilines is 3. The highest BCUT2D eigenvalue weighted by atomic mass is 16.5. The first-order valence-electron chi connectivity index (χ1n) is 8.89. The summed E-state index contributed by atoms with van der Waals surface area (Å²) in [7, 11) is 0. The smallest absolute Gasteiger partial charge is 0.247 e. The van der Waals surface area contributed by atoms with Crippen molar-refractivity contribution in [3.63, 3.8) is 0 Å². The molecule has 1 aliphatic heterocycles. The molecule has 7 heteroatoms. The molecule has 0 amide bonds. The zero-order valence-corrected chi connectivity index (χ0v) is 14.8. The molecule has 3 aromatic rings. The molecular weight excluding hydrogens is 328 g/mol. The van der Waals surface area contributed by atoms with E-state index in [2.05, 4.69) is 38.3 Å². The number of ether oxygens (including phenoxy) is 1. The summed E-state index contributed by atoms with van der Waals surface area (Å²) < 4.78 is 7.19. The molecular formula is C19H22N6O. The van der Waals surface area contributed by atoms with Gasteiger partial charge in [-0.2, -0.15) is 4.98 Å². The van der Waals surface area contributed by atoms with Crippen LogP contribution in [-0.2, 0) is 11.2 Å². The van der Waals surface area contributed by atoms with Crippen LogP contribution in [-0.4, -0.2) is 46.1 Å². The molecule has 0 spiro atoms. The summed E-state index contributed by atoms with van der Waals surface area (Å²) in [5.74, 6) is 0.560. The van der Waals surface area contributed by atoms with Crippen molar-refractivity contribution in [1.29, 1.82) is 0 Å². The fourth-order valence-corrected chi connectivity index (χ4v) is 3.01. The summed E-state index contributed by atoms with van der Waals surface area (Å²) in [6.45, 7) is 5.36. The van der Waals surface area contributed by atoms with Gasteiger partial charge in [0.25, 0.3) is 0 Å². The lowest BCUT2D eigenvalue weighted by Gasteiger charge is -2.29. The minimum Gasteiger partial charge on any atom is -0.378 e. The van der Waals surface area contributed by atoms with E-state index in [0.29, 0.717) is 5.95 Å². The van der Waals surface area contributed by atoms with Crippen LogP contribution >= 0.6 is 0 Å². The second-order valence-electron chi connectivity index (χ2n) is 6.11. The van der Waals surface area contributed by atoms with Gasteiger partial charge in [0.15, 0.2) is 0 Å². The largest absolute Gasteiger partial charge is 0.378 e. The minimum atomic E-state index is 0.560. The van der Waals surface area contributed by atoms with Gasteiger partial charge in [-0.25, -0.2) is 4.68 Å². The molecule has 0 bridgehead atoms. The Bertz CT molecular complexity index is 857. The molecule has 1 aliphatic rings. The average molecular weight is 350 g/mol. The lowest BCUT2D eigenvalue weighted by atomic mass is 10.2. The molecule has 0 aliphatic carbocycles. The Hall–Kier alpha value is -2.93. The standard InChI is InChI=1S/C19H22N6O/c1-2-17-18(12-16(13-20-17)24-8-10-26-11-9-24)22-19-21-14-25(23-19)15-6-4-3-5-7-15/h3-7,12-14H,2,8-11H2,1H3,(H,22,23). The maximum atomic E-state index is 5.44. The molecule has 0 unspecified atom stereocenters. The Morgan fingerprint density at radius 3 is 2.65 bits per heavy atom. The Morgan fingerprint density at radius 1 is 1.08 bits per heavy atom. The second kappa shape index (κ2) is 7.53.